The van der Waals surface area contributed by atoms with Gasteiger partial charge in [0.25, 0.3) is 0 Å². The monoisotopic (exact) mass is 296 g/mol. The van der Waals surface area contributed by atoms with Gasteiger partial charge >= 0.3 is 0 Å². The number of alkyl halides is 1. The molecule has 1 rings (SSSR count). The number of halogens is 1. The van der Waals surface area contributed by atoms with Crippen molar-refractivity contribution in [1.82, 2.24) is 5.32 Å². The van der Waals surface area contributed by atoms with Gasteiger partial charge in [-0.1, -0.05) is 22.6 Å². The molecule has 1 saturated heterocycles. The zero-order valence-corrected chi connectivity index (χ0v) is 9.78. The van der Waals surface area contributed by atoms with Crippen molar-refractivity contribution in [2.24, 2.45) is 16.5 Å². The van der Waals surface area contributed by atoms with E-state index in [-0.39, 0.29) is 16.1 Å². The summed E-state index contributed by atoms with van der Waals surface area (Å²) in [7, 11) is 0. The van der Waals surface area contributed by atoms with Crippen molar-refractivity contribution < 1.29 is 0 Å². The van der Waals surface area contributed by atoms with Gasteiger partial charge in [-0.2, -0.15) is 0 Å². The number of hydrogen-bond acceptors (Lipinski definition) is 4. The molecule has 1 aliphatic rings. The zero-order chi connectivity index (χ0) is 9.68. The average molecular weight is 296 g/mol. The molecule has 5 heteroatoms. The van der Waals surface area contributed by atoms with Crippen molar-refractivity contribution in [2.45, 2.75) is 29.0 Å². The number of nitrogens with one attached hydrogen (secondary N) is 1. The van der Waals surface area contributed by atoms with E-state index in [9.17, 15) is 0 Å². The normalized spacial score (nSPS) is 32.2. The van der Waals surface area contributed by atoms with Crippen LogP contribution in [0, 0.1) is 0 Å². The van der Waals surface area contributed by atoms with Gasteiger partial charge in [-0.05, 0) is 13.0 Å². The van der Waals surface area contributed by atoms with Crippen molar-refractivity contribution in [3.05, 3.63) is 0 Å². The Morgan fingerprint density at radius 1 is 1.69 bits per heavy atom. The van der Waals surface area contributed by atoms with Crippen LogP contribution in [0.2, 0.25) is 0 Å². The fraction of sp³-hybridized carbons (Fsp3) is 0.875. The summed E-state index contributed by atoms with van der Waals surface area (Å²) in [6, 6.07) is 0.451. The minimum atomic E-state index is 0.162. The number of nitrogens with two attached hydrogens (primary N) is 2. The Labute approximate surface area is 92.7 Å². The van der Waals surface area contributed by atoms with E-state index in [2.05, 4.69) is 32.9 Å². The second kappa shape index (κ2) is 5.90. The first kappa shape index (κ1) is 11.4. The lowest BCUT2D eigenvalue weighted by molar-refractivity contribution is 0.404. The lowest BCUT2D eigenvalue weighted by Gasteiger charge is -2.26. The van der Waals surface area contributed by atoms with Gasteiger partial charge in [0, 0.05) is 25.2 Å². The van der Waals surface area contributed by atoms with E-state index in [1.165, 1.54) is 0 Å². The highest BCUT2D eigenvalue weighted by atomic mass is 127. The smallest absolute Gasteiger partial charge is 0.0671 e. The van der Waals surface area contributed by atoms with E-state index in [1.54, 1.807) is 0 Å². The van der Waals surface area contributed by atoms with Crippen LogP contribution in [0.25, 0.3) is 0 Å². The van der Waals surface area contributed by atoms with Crippen LogP contribution in [0.3, 0.4) is 0 Å². The van der Waals surface area contributed by atoms with Crippen LogP contribution < -0.4 is 16.8 Å². The van der Waals surface area contributed by atoms with Gasteiger partial charge in [0.15, 0.2) is 0 Å². The molecule has 4 nitrogen and oxygen atoms in total. The predicted octanol–water partition coefficient (Wildman–Crippen LogP) is -0.144. The number of rotatable bonds is 3. The summed E-state index contributed by atoms with van der Waals surface area (Å²) in [5.74, 6) is 0. The molecule has 0 radical (unpaired) electrons. The third kappa shape index (κ3) is 4.35. The molecule has 3 unspecified atom stereocenters. The van der Waals surface area contributed by atoms with E-state index in [4.69, 9.17) is 11.5 Å². The fourth-order valence-corrected chi connectivity index (χ4v) is 1.58. The summed E-state index contributed by atoms with van der Waals surface area (Å²) in [4.78, 5) is 4.43. The van der Waals surface area contributed by atoms with Crippen LogP contribution >= 0.6 is 22.6 Å². The maximum Gasteiger partial charge on any atom is 0.0671 e. The molecule has 0 aromatic rings. The summed E-state index contributed by atoms with van der Waals surface area (Å²) < 4.78 is 0.166. The highest BCUT2D eigenvalue weighted by Crippen LogP contribution is 2.06. The second-order valence-electron chi connectivity index (χ2n) is 3.31. The second-order valence-corrected chi connectivity index (χ2v) is 4.91. The fourth-order valence-electron chi connectivity index (χ4n) is 1.35. The van der Waals surface area contributed by atoms with Crippen LogP contribution in [0.15, 0.2) is 4.99 Å². The molecule has 0 bridgehead atoms. The summed E-state index contributed by atoms with van der Waals surface area (Å²) in [6.07, 6.45) is 3.78. The first-order chi connectivity index (χ1) is 6.20. The van der Waals surface area contributed by atoms with E-state index < -0.39 is 0 Å². The largest absolute Gasteiger partial charge is 0.325 e. The number of hydrogen-bond donors (Lipinski definition) is 3. The van der Waals surface area contributed by atoms with E-state index in [0.717, 1.165) is 25.9 Å². The van der Waals surface area contributed by atoms with Gasteiger partial charge in [-0.3, -0.25) is 4.99 Å². The Balaban J connectivity index is 2.29. The van der Waals surface area contributed by atoms with E-state index in [1.807, 2.05) is 6.21 Å². The van der Waals surface area contributed by atoms with Crippen LogP contribution in [0.4, 0.5) is 0 Å². The van der Waals surface area contributed by atoms with Gasteiger partial charge in [-0.25, -0.2) is 0 Å². The maximum atomic E-state index is 5.89. The predicted molar refractivity (Wildman–Crippen MR) is 64.4 cm³/mol. The van der Waals surface area contributed by atoms with Crippen molar-refractivity contribution in [2.75, 3.05) is 13.1 Å². The van der Waals surface area contributed by atoms with Gasteiger partial charge < -0.3 is 16.8 Å². The SMILES string of the molecule is NC(I)CC=NC1CCNCC1N. The Kier molecular flexibility index (Phi) is 5.15. The Hall–Kier alpha value is 0.280. The summed E-state index contributed by atoms with van der Waals surface area (Å²) >= 11 is 2.18. The molecule has 0 amide bonds. The van der Waals surface area contributed by atoms with E-state index >= 15 is 0 Å². The van der Waals surface area contributed by atoms with Gasteiger partial charge in [0.2, 0.25) is 0 Å². The molecule has 1 aliphatic heterocycles. The Morgan fingerprint density at radius 2 is 2.46 bits per heavy atom. The number of aliphatic imine (C=N–C) groups is 1. The van der Waals surface area contributed by atoms with Crippen LogP contribution in [0.1, 0.15) is 12.8 Å². The van der Waals surface area contributed by atoms with Crippen LogP contribution in [-0.4, -0.2) is 35.4 Å². The molecule has 76 valence electrons. The molecule has 1 heterocycles. The number of piperidine rings is 1. The molecule has 0 saturated carbocycles. The Morgan fingerprint density at radius 3 is 3.08 bits per heavy atom. The summed E-state index contributed by atoms with van der Waals surface area (Å²) in [5, 5.41) is 3.24. The highest BCUT2D eigenvalue weighted by molar-refractivity contribution is 14.1. The van der Waals surface area contributed by atoms with Crippen molar-refractivity contribution in [1.29, 1.82) is 0 Å². The van der Waals surface area contributed by atoms with Crippen LogP contribution in [0.5, 0.6) is 0 Å². The molecule has 13 heavy (non-hydrogen) atoms. The zero-order valence-electron chi connectivity index (χ0n) is 7.62. The number of nitrogens with zero attached hydrogens (tertiary/aromatic N) is 1. The van der Waals surface area contributed by atoms with Gasteiger partial charge in [0.05, 0.1) is 10.1 Å². The molecule has 0 spiro atoms. The lowest BCUT2D eigenvalue weighted by Crippen LogP contribution is -2.48. The van der Waals surface area contributed by atoms with Gasteiger partial charge in [0.1, 0.15) is 0 Å². The minimum Gasteiger partial charge on any atom is -0.325 e. The average Bonchev–Trinajstić information content (AvgIpc) is 2.08. The third-order valence-corrected chi connectivity index (χ3v) is 2.63. The molecular formula is C8H17IN4. The molecule has 3 atom stereocenters. The minimum absolute atomic E-state index is 0.162. The molecular weight excluding hydrogens is 279 g/mol. The standard InChI is InChI=1S/C8H17IN4/c9-8(11)2-4-13-7-1-3-12-5-6(7)10/h4,6-8,12H,1-3,5,10-11H2. The quantitative estimate of drug-likeness (QED) is 0.293. The summed E-state index contributed by atoms with van der Waals surface area (Å²) in [6.45, 7) is 1.89. The van der Waals surface area contributed by atoms with Crippen molar-refractivity contribution in [3.63, 3.8) is 0 Å². The van der Waals surface area contributed by atoms with Crippen molar-refractivity contribution >= 4 is 28.8 Å². The maximum absolute atomic E-state index is 5.89. The molecule has 1 fully saturated rings. The van der Waals surface area contributed by atoms with Crippen molar-refractivity contribution in [3.8, 4) is 0 Å². The molecule has 0 aromatic heterocycles. The molecule has 0 aliphatic carbocycles. The Bertz CT molecular complexity index is 172. The van der Waals surface area contributed by atoms with Gasteiger partial charge in [-0.15, -0.1) is 0 Å². The lowest BCUT2D eigenvalue weighted by atomic mass is 10.0. The molecule has 0 aromatic carbocycles. The van der Waals surface area contributed by atoms with E-state index in [0.29, 0.717) is 0 Å². The third-order valence-electron chi connectivity index (χ3n) is 2.12. The highest BCUT2D eigenvalue weighted by Gasteiger charge is 2.19. The molecule has 5 N–H and O–H groups in total. The first-order valence-electron chi connectivity index (χ1n) is 4.57. The summed E-state index contributed by atoms with van der Waals surface area (Å²) in [5.41, 5.74) is 11.5. The first-order valence-corrected chi connectivity index (χ1v) is 5.82. The van der Waals surface area contributed by atoms with Crippen LogP contribution in [-0.2, 0) is 0 Å². The topological polar surface area (TPSA) is 76.4 Å².